The number of nitrogens with zero attached hydrogens (tertiary/aromatic N) is 1. The number of rotatable bonds is 7. The number of aryl methyl sites for hydroxylation is 2. The molecule has 2 N–H and O–H groups in total. The fraction of sp³-hybridized carbons (Fsp3) is 0.548. The minimum atomic E-state index is -0.524. The predicted molar refractivity (Wildman–Crippen MR) is 149 cm³/mol. The summed E-state index contributed by atoms with van der Waals surface area (Å²) in [6.45, 7) is 11.8. The predicted octanol–water partition coefficient (Wildman–Crippen LogP) is 5.72. The molecule has 1 atom stereocenters. The van der Waals surface area contributed by atoms with Crippen molar-refractivity contribution in [3.8, 4) is 5.75 Å². The Balaban J connectivity index is 1.28. The standard InChI is InChI=1S/C31H41N3O4/c1-6-21-16-26(24-8-7-14-32-27(24)17-21)31(12-13-31)33-28(35)25-18-23(10-9-20(25)2)37-19-22-11-15-34(22)29(36)38-30(3,4)5/h9-10,16-18,22,32H,6-8,11-15,19H2,1-5H3,(H,33,35)/t22-/m0/s1. The van der Waals surface area contributed by atoms with E-state index in [0.29, 0.717) is 24.5 Å². The zero-order valence-electron chi connectivity index (χ0n) is 23.4. The fourth-order valence-corrected chi connectivity index (χ4v) is 5.45. The Morgan fingerprint density at radius 1 is 1.18 bits per heavy atom. The molecule has 2 aliphatic heterocycles. The quantitative estimate of drug-likeness (QED) is 0.489. The second kappa shape index (κ2) is 10.2. The van der Waals surface area contributed by atoms with Gasteiger partial charge in [0, 0.05) is 24.3 Å². The van der Waals surface area contributed by atoms with Crippen LogP contribution in [0.25, 0.3) is 0 Å². The summed E-state index contributed by atoms with van der Waals surface area (Å²) in [4.78, 5) is 27.7. The molecule has 2 heterocycles. The van der Waals surface area contributed by atoms with Crippen molar-refractivity contribution in [2.75, 3.05) is 25.0 Å². The van der Waals surface area contributed by atoms with Crippen LogP contribution in [0.4, 0.5) is 10.5 Å². The van der Waals surface area contributed by atoms with Crippen LogP contribution >= 0.6 is 0 Å². The Morgan fingerprint density at radius 2 is 1.97 bits per heavy atom. The van der Waals surface area contributed by atoms with E-state index in [2.05, 4.69) is 29.7 Å². The number of ether oxygens (including phenoxy) is 2. The van der Waals surface area contributed by atoms with E-state index >= 15 is 0 Å². The Morgan fingerprint density at radius 3 is 2.63 bits per heavy atom. The SMILES string of the molecule is CCc1cc2c(c(C3(NC(=O)c4cc(OC[C@@H]5CCN5C(=O)OC(C)(C)C)ccc4C)CC3)c1)CCCN2. The number of amides is 2. The number of anilines is 1. The van der Waals surface area contributed by atoms with Gasteiger partial charge in [0.1, 0.15) is 18.0 Å². The topological polar surface area (TPSA) is 79.9 Å². The second-order valence-electron chi connectivity index (χ2n) is 12.0. The molecule has 2 amide bonds. The number of hydrogen-bond donors (Lipinski definition) is 2. The molecule has 38 heavy (non-hydrogen) atoms. The molecule has 0 spiro atoms. The first-order valence-corrected chi connectivity index (χ1v) is 14.0. The minimum Gasteiger partial charge on any atom is -0.491 e. The number of carbonyl (C=O) groups is 2. The Kier molecular flexibility index (Phi) is 7.05. The van der Waals surface area contributed by atoms with Gasteiger partial charge in [-0.25, -0.2) is 4.79 Å². The van der Waals surface area contributed by atoms with Gasteiger partial charge in [-0.15, -0.1) is 0 Å². The van der Waals surface area contributed by atoms with Gasteiger partial charge in [0.2, 0.25) is 0 Å². The van der Waals surface area contributed by atoms with Crippen LogP contribution in [-0.2, 0) is 23.1 Å². The van der Waals surface area contributed by atoms with Crippen molar-refractivity contribution in [3.63, 3.8) is 0 Å². The van der Waals surface area contributed by atoms with Gasteiger partial charge in [0.25, 0.3) is 5.91 Å². The van der Waals surface area contributed by atoms with Crippen LogP contribution in [0.2, 0.25) is 0 Å². The van der Waals surface area contributed by atoms with E-state index in [-0.39, 0.29) is 23.6 Å². The molecule has 1 saturated heterocycles. The lowest BCUT2D eigenvalue weighted by atomic mass is 9.89. The first kappa shape index (κ1) is 26.4. The molecular weight excluding hydrogens is 478 g/mol. The van der Waals surface area contributed by atoms with E-state index < -0.39 is 5.60 Å². The van der Waals surface area contributed by atoms with Gasteiger partial charge >= 0.3 is 6.09 Å². The molecule has 0 bridgehead atoms. The largest absolute Gasteiger partial charge is 0.491 e. The van der Waals surface area contributed by atoms with E-state index in [0.717, 1.165) is 50.6 Å². The van der Waals surface area contributed by atoms with Crippen LogP contribution in [0.15, 0.2) is 30.3 Å². The lowest BCUT2D eigenvalue weighted by Crippen LogP contribution is -2.55. The van der Waals surface area contributed by atoms with E-state index in [1.54, 1.807) is 4.90 Å². The van der Waals surface area contributed by atoms with Gasteiger partial charge in [-0.1, -0.05) is 19.1 Å². The molecule has 2 aromatic rings. The summed E-state index contributed by atoms with van der Waals surface area (Å²) in [6, 6.07) is 10.2. The molecule has 1 aliphatic carbocycles. The highest BCUT2D eigenvalue weighted by atomic mass is 16.6. The summed E-state index contributed by atoms with van der Waals surface area (Å²) >= 11 is 0. The van der Waals surface area contributed by atoms with Crippen molar-refractivity contribution < 1.29 is 19.1 Å². The number of likely N-dealkylation sites (tertiary alicyclic amines) is 1. The molecule has 7 nitrogen and oxygen atoms in total. The van der Waals surface area contributed by atoms with E-state index in [1.165, 1.54) is 22.4 Å². The average molecular weight is 520 g/mol. The molecule has 0 unspecified atom stereocenters. The normalized spacial score (nSPS) is 19.5. The zero-order valence-corrected chi connectivity index (χ0v) is 23.4. The highest BCUT2D eigenvalue weighted by molar-refractivity contribution is 5.97. The Hall–Kier alpha value is -3.22. The molecule has 3 aliphatic rings. The molecule has 0 aromatic heterocycles. The van der Waals surface area contributed by atoms with Crippen molar-refractivity contribution in [1.29, 1.82) is 0 Å². The van der Waals surface area contributed by atoms with Gasteiger partial charge in [-0.3, -0.25) is 4.79 Å². The lowest BCUT2D eigenvalue weighted by Gasteiger charge is -2.41. The number of fused-ring (bicyclic) bond motifs is 1. The minimum absolute atomic E-state index is 0.0243. The van der Waals surface area contributed by atoms with Crippen LogP contribution in [-0.4, -0.2) is 48.2 Å². The molecule has 0 radical (unpaired) electrons. The highest BCUT2D eigenvalue weighted by Gasteiger charge is 2.48. The molecule has 204 valence electrons. The van der Waals surface area contributed by atoms with E-state index in [9.17, 15) is 9.59 Å². The van der Waals surface area contributed by atoms with Crippen molar-refractivity contribution in [3.05, 3.63) is 58.1 Å². The van der Waals surface area contributed by atoms with Crippen LogP contribution in [0.1, 0.15) is 86.0 Å². The number of nitrogens with one attached hydrogen (secondary N) is 2. The van der Waals surface area contributed by atoms with Crippen LogP contribution < -0.4 is 15.4 Å². The van der Waals surface area contributed by atoms with Crippen molar-refractivity contribution in [1.82, 2.24) is 10.2 Å². The zero-order chi connectivity index (χ0) is 27.1. The third-order valence-corrected chi connectivity index (χ3v) is 7.92. The first-order chi connectivity index (χ1) is 18.1. The maximum Gasteiger partial charge on any atom is 0.410 e. The van der Waals surface area contributed by atoms with Crippen LogP contribution in [0.3, 0.4) is 0 Å². The summed E-state index contributed by atoms with van der Waals surface area (Å²) < 4.78 is 11.6. The third kappa shape index (κ3) is 5.47. The first-order valence-electron chi connectivity index (χ1n) is 14.0. The number of benzene rings is 2. The van der Waals surface area contributed by atoms with Gasteiger partial charge in [-0.2, -0.15) is 0 Å². The van der Waals surface area contributed by atoms with Gasteiger partial charge in [0.15, 0.2) is 0 Å². The Labute approximate surface area is 226 Å². The number of carbonyl (C=O) groups excluding carboxylic acids is 2. The molecule has 2 fully saturated rings. The van der Waals surface area contributed by atoms with Gasteiger partial charge < -0.3 is 25.0 Å². The molecule has 5 rings (SSSR count). The average Bonchev–Trinajstić information content (AvgIpc) is 3.62. The summed E-state index contributed by atoms with van der Waals surface area (Å²) in [5.41, 5.74) is 5.89. The summed E-state index contributed by atoms with van der Waals surface area (Å²) in [5, 5.41) is 6.98. The molecular formula is C31H41N3O4. The molecule has 1 saturated carbocycles. The maximum atomic E-state index is 13.6. The smallest absolute Gasteiger partial charge is 0.410 e. The van der Waals surface area contributed by atoms with Crippen molar-refractivity contribution in [2.24, 2.45) is 0 Å². The van der Waals surface area contributed by atoms with Crippen LogP contribution in [0.5, 0.6) is 5.75 Å². The maximum absolute atomic E-state index is 13.6. The highest BCUT2D eigenvalue weighted by Crippen LogP contribution is 2.49. The van der Waals surface area contributed by atoms with E-state index in [4.69, 9.17) is 9.47 Å². The van der Waals surface area contributed by atoms with Gasteiger partial charge in [0.05, 0.1) is 11.6 Å². The molecule has 2 aromatic carbocycles. The van der Waals surface area contributed by atoms with Crippen molar-refractivity contribution >= 4 is 17.7 Å². The van der Waals surface area contributed by atoms with E-state index in [1.807, 2.05) is 45.9 Å². The fourth-order valence-electron chi connectivity index (χ4n) is 5.45. The Bertz CT molecular complexity index is 1230. The van der Waals surface area contributed by atoms with Crippen molar-refractivity contribution in [2.45, 2.75) is 90.3 Å². The summed E-state index contributed by atoms with van der Waals surface area (Å²) in [5.74, 6) is 0.570. The van der Waals surface area contributed by atoms with Gasteiger partial charge in [-0.05, 0) is 107 Å². The monoisotopic (exact) mass is 519 g/mol. The number of hydrogen-bond acceptors (Lipinski definition) is 5. The lowest BCUT2D eigenvalue weighted by molar-refractivity contribution is -0.0141. The summed E-state index contributed by atoms with van der Waals surface area (Å²) in [6.07, 6.45) is 5.60. The van der Waals surface area contributed by atoms with Crippen LogP contribution in [0, 0.1) is 6.92 Å². The third-order valence-electron chi connectivity index (χ3n) is 7.92. The summed E-state index contributed by atoms with van der Waals surface area (Å²) in [7, 11) is 0. The second-order valence-corrected chi connectivity index (χ2v) is 12.0. The molecule has 7 heteroatoms.